The maximum atomic E-state index is 13.8. The average Bonchev–Trinajstić information content (AvgIpc) is 3.69. The molecule has 1 unspecified atom stereocenters. The highest BCUT2D eigenvalue weighted by Gasteiger charge is 2.25. The van der Waals surface area contributed by atoms with Crippen molar-refractivity contribution in [1.82, 2.24) is 15.1 Å². The fourth-order valence-electron chi connectivity index (χ4n) is 6.38. The van der Waals surface area contributed by atoms with Crippen molar-refractivity contribution < 1.29 is 46.2 Å². The van der Waals surface area contributed by atoms with E-state index in [1.165, 1.54) is 21.6 Å². The van der Waals surface area contributed by atoms with Gasteiger partial charge in [-0.15, -0.1) is 0 Å². The van der Waals surface area contributed by atoms with Crippen LogP contribution in [0.2, 0.25) is 0 Å². The summed E-state index contributed by atoms with van der Waals surface area (Å²) in [6.07, 6.45) is 4.69. The Bertz CT molecular complexity index is 2010. The number of ether oxygens (including phenoxy) is 2. The first-order chi connectivity index (χ1) is 27.9. The second kappa shape index (κ2) is 21.3. The predicted molar refractivity (Wildman–Crippen MR) is 219 cm³/mol. The lowest BCUT2D eigenvalue weighted by Gasteiger charge is -2.23. The molecule has 0 spiro atoms. The molecule has 3 amide bonds. The molecule has 2 heterocycles. The highest BCUT2D eigenvalue weighted by molar-refractivity contribution is 8.76. The minimum Gasteiger partial charge on any atom is -0.448 e. The van der Waals surface area contributed by atoms with E-state index in [4.69, 9.17) is 9.73 Å². The minimum absolute atomic E-state index is 0.0197. The molecule has 2 aliphatic heterocycles. The summed E-state index contributed by atoms with van der Waals surface area (Å²) in [4.78, 5) is 60.3. The summed E-state index contributed by atoms with van der Waals surface area (Å²) in [7, 11) is 2.74. The number of esters is 1. The second-order valence-electron chi connectivity index (χ2n) is 13.8. The molecule has 0 aromatic heterocycles. The summed E-state index contributed by atoms with van der Waals surface area (Å²) in [5, 5.41) is 2.58. The van der Waals surface area contributed by atoms with E-state index >= 15 is 0 Å². The zero-order valence-corrected chi connectivity index (χ0v) is 34.2. The number of rotatable bonds is 16. The van der Waals surface area contributed by atoms with Gasteiger partial charge in [-0.3, -0.25) is 19.7 Å². The van der Waals surface area contributed by atoms with Crippen molar-refractivity contribution in [2.24, 2.45) is 4.99 Å². The van der Waals surface area contributed by atoms with Crippen LogP contribution in [0.25, 0.3) is 17.2 Å². The number of fused-ring (bicyclic) bond motifs is 1. The zero-order valence-electron chi connectivity index (χ0n) is 32.6. The van der Waals surface area contributed by atoms with Crippen LogP contribution in [0, 0.1) is 23.3 Å². The van der Waals surface area contributed by atoms with Crippen molar-refractivity contribution in [2.45, 2.75) is 71.0 Å². The molecule has 1 N–H and O–H groups in total. The molecule has 10 nitrogen and oxygen atoms in total. The largest absolute Gasteiger partial charge is 0.448 e. The van der Waals surface area contributed by atoms with E-state index in [2.05, 4.69) is 10.1 Å². The molecule has 310 valence electrons. The van der Waals surface area contributed by atoms with Gasteiger partial charge in [0.05, 0.1) is 5.69 Å². The third kappa shape index (κ3) is 11.9. The lowest BCUT2D eigenvalue weighted by atomic mass is 9.99. The number of halogens is 4. The average molecular weight is 843 g/mol. The summed E-state index contributed by atoms with van der Waals surface area (Å²) >= 11 is 0. The van der Waals surface area contributed by atoms with Gasteiger partial charge in [-0.25, -0.2) is 18.6 Å². The van der Waals surface area contributed by atoms with Gasteiger partial charge in [-0.1, -0.05) is 66.6 Å². The Morgan fingerprint density at radius 1 is 0.914 bits per heavy atom. The molecule has 5 rings (SSSR count). The molecular formula is C42H46F4N4O6S2. The van der Waals surface area contributed by atoms with Gasteiger partial charge in [0, 0.05) is 72.8 Å². The van der Waals surface area contributed by atoms with Crippen molar-refractivity contribution in [3.05, 3.63) is 88.5 Å². The molecule has 16 heteroatoms. The monoisotopic (exact) mass is 842 g/mol. The Kier molecular flexibility index (Phi) is 16.2. The topological polar surface area (TPSA) is 118 Å². The quantitative estimate of drug-likeness (QED) is 0.0379. The van der Waals surface area contributed by atoms with Crippen LogP contribution in [-0.2, 0) is 14.3 Å². The van der Waals surface area contributed by atoms with Gasteiger partial charge >= 0.3 is 12.1 Å². The Balaban J connectivity index is 1.18. The van der Waals surface area contributed by atoms with E-state index in [0.717, 1.165) is 49.9 Å². The van der Waals surface area contributed by atoms with Crippen LogP contribution in [0.3, 0.4) is 0 Å². The first-order valence-corrected chi connectivity index (χ1v) is 21.6. The lowest BCUT2D eigenvalue weighted by Crippen LogP contribution is -2.36. The number of alkyl carbamates (subject to hydrolysis) is 1. The molecule has 3 aromatic rings. The van der Waals surface area contributed by atoms with Crippen LogP contribution >= 0.6 is 21.6 Å². The van der Waals surface area contributed by atoms with Gasteiger partial charge in [-0.2, -0.15) is 8.78 Å². The third-order valence-corrected chi connectivity index (χ3v) is 12.2. The van der Waals surface area contributed by atoms with Crippen LogP contribution in [-0.4, -0.2) is 83.3 Å². The number of carbonyl (C=O) groups excluding carboxylic acids is 4. The molecule has 3 aromatic carbocycles. The van der Waals surface area contributed by atoms with Crippen LogP contribution in [0.5, 0.6) is 5.75 Å². The van der Waals surface area contributed by atoms with Crippen LogP contribution in [0.4, 0.5) is 28.0 Å². The summed E-state index contributed by atoms with van der Waals surface area (Å²) in [5.74, 6) is -8.91. The van der Waals surface area contributed by atoms with Crippen molar-refractivity contribution in [3.8, 4) is 16.9 Å². The van der Waals surface area contributed by atoms with Crippen LogP contribution in [0.1, 0.15) is 81.6 Å². The van der Waals surface area contributed by atoms with Crippen molar-refractivity contribution in [1.29, 1.82) is 0 Å². The van der Waals surface area contributed by atoms with E-state index in [1.807, 2.05) is 67.3 Å². The zero-order chi connectivity index (χ0) is 41.8. The highest BCUT2D eigenvalue weighted by atomic mass is 33.1. The molecule has 0 saturated carbocycles. The fraction of sp³-hybridized carbons (Fsp3) is 0.405. The van der Waals surface area contributed by atoms with Crippen LogP contribution in [0.15, 0.2) is 59.1 Å². The molecule has 1 fully saturated rings. The predicted octanol–water partition coefficient (Wildman–Crippen LogP) is 9.49. The van der Waals surface area contributed by atoms with E-state index in [1.54, 1.807) is 11.8 Å². The van der Waals surface area contributed by atoms with Gasteiger partial charge in [-0.05, 0) is 67.5 Å². The summed E-state index contributed by atoms with van der Waals surface area (Å²) in [6, 6.07) is 13.2. The first-order valence-electron chi connectivity index (χ1n) is 19.2. The molecule has 2 aliphatic rings. The number of likely N-dealkylation sites (tertiary alicyclic amines) is 1. The van der Waals surface area contributed by atoms with Gasteiger partial charge in [0.1, 0.15) is 12.4 Å². The number of amides is 3. The first kappa shape index (κ1) is 44.3. The number of nitrogens with zero attached hydrogens (tertiary/aromatic N) is 3. The number of carbonyl (C=O) groups is 4. The number of benzene rings is 3. The number of nitrogens with one attached hydrogen (secondary N) is 1. The van der Waals surface area contributed by atoms with Gasteiger partial charge in [0.25, 0.3) is 5.91 Å². The Morgan fingerprint density at radius 2 is 1.57 bits per heavy atom. The molecule has 1 atom stereocenters. The smallest absolute Gasteiger partial charge is 0.412 e. The Hall–Kier alpha value is -4.83. The van der Waals surface area contributed by atoms with E-state index in [9.17, 15) is 36.7 Å². The number of amidine groups is 1. The minimum atomic E-state index is -1.79. The van der Waals surface area contributed by atoms with Crippen molar-refractivity contribution in [2.75, 3.05) is 38.5 Å². The Labute approximate surface area is 343 Å². The number of hydrogen-bond donors (Lipinski definition) is 1. The fourth-order valence-corrected chi connectivity index (χ4v) is 8.56. The SMILES string of the molecule is CCCN(CCC)C(=O)C1=Cc2ccc(-c3ccc(C(=O)N4CCCC4)cc3)cc2N=C(NC(=O)OCCSSC(C)CCC(=O)Oc2c(F)c(F)cc(F)c2F)C1. The third-order valence-electron chi connectivity index (χ3n) is 9.30. The van der Waals surface area contributed by atoms with E-state index < -0.39 is 41.1 Å². The molecule has 0 bridgehead atoms. The summed E-state index contributed by atoms with van der Waals surface area (Å²) in [6.45, 7) is 8.55. The molecule has 0 radical (unpaired) electrons. The maximum Gasteiger partial charge on any atom is 0.412 e. The molecule has 0 aliphatic carbocycles. The molecule has 58 heavy (non-hydrogen) atoms. The molecular weight excluding hydrogens is 797 g/mol. The maximum absolute atomic E-state index is 13.8. The molecule has 1 saturated heterocycles. The van der Waals surface area contributed by atoms with E-state index in [0.29, 0.717) is 41.2 Å². The van der Waals surface area contributed by atoms with Gasteiger partial charge < -0.3 is 19.3 Å². The van der Waals surface area contributed by atoms with Gasteiger partial charge in [0.15, 0.2) is 11.6 Å². The van der Waals surface area contributed by atoms with Crippen LogP contribution < -0.4 is 10.1 Å². The van der Waals surface area contributed by atoms with Crippen molar-refractivity contribution in [3.63, 3.8) is 0 Å². The Morgan fingerprint density at radius 3 is 2.22 bits per heavy atom. The lowest BCUT2D eigenvalue weighted by molar-refractivity contribution is -0.135. The summed E-state index contributed by atoms with van der Waals surface area (Å²) in [5.41, 5.74) is 4.08. The number of hydrogen-bond acceptors (Lipinski definition) is 9. The van der Waals surface area contributed by atoms with Gasteiger partial charge in [0.2, 0.25) is 23.3 Å². The highest BCUT2D eigenvalue weighted by Crippen LogP contribution is 2.34. The van der Waals surface area contributed by atoms with E-state index in [-0.39, 0.29) is 54.8 Å². The van der Waals surface area contributed by atoms with Crippen molar-refractivity contribution >= 4 is 63.1 Å². The second-order valence-corrected chi connectivity index (χ2v) is 16.8. The summed E-state index contributed by atoms with van der Waals surface area (Å²) < 4.78 is 64.5. The standard InChI is InChI=1S/C42H46F4N4O6S2/c1-4-16-49(17-5-2)41(53)31-22-30-14-13-29(27-9-11-28(12-10-27)40(52)50-18-6-7-19-50)23-34(30)47-35(24-31)48-42(54)55-20-21-57-58-26(3)8-15-36(51)56-39-37(45)32(43)25-33(44)38(39)46/h9-14,22-23,25-26H,4-8,15-21,24H2,1-3H3,(H,47,48,54). The number of aliphatic imine (C=N–C) groups is 1. The normalized spacial score (nSPS) is 14.2.